The summed E-state index contributed by atoms with van der Waals surface area (Å²) in [5.74, 6) is -3.46. The number of hydrogen-bond acceptors (Lipinski definition) is 14. The number of carboxylic acid groups (broad SMARTS) is 1. The van der Waals surface area contributed by atoms with Crippen LogP contribution < -0.4 is 4.74 Å². The lowest BCUT2D eigenvalue weighted by Gasteiger charge is -2.44. The van der Waals surface area contributed by atoms with Crippen molar-refractivity contribution < 1.29 is 62.5 Å². The van der Waals surface area contributed by atoms with Crippen LogP contribution in [0.25, 0.3) is 0 Å². The van der Waals surface area contributed by atoms with E-state index in [-0.39, 0.29) is 41.2 Å². The van der Waals surface area contributed by atoms with Gasteiger partial charge in [0, 0.05) is 13.7 Å². The molecule has 4 aromatic carbocycles. The number of unbranched alkanes of at least 4 members (excludes halogenated alkanes) is 2. The summed E-state index contributed by atoms with van der Waals surface area (Å²) in [4.78, 5) is 51.8. The van der Waals surface area contributed by atoms with Crippen molar-refractivity contribution in [2.24, 2.45) is 0 Å². The van der Waals surface area contributed by atoms with Gasteiger partial charge in [-0.05, 0) is 73.9 Å². The molecule has 59 heavy (non-hydrogen) atoms. The zero-order valence-corrected chi connectivity index (χ0v) is 32.0. The quantitative estimate of drug-likeness (QED) is 0.0601. The molecule has 2 heterocycles. The van der Waals surface area contributed by atoms with Gasteiger partial charge < -0.3 is 43.4 Å². The number of aromatic nitrogens is 3. The van der Waals surface area contributed by atoms with E-state index in [0.717, 1.165) is 12.8 Å². The minimum Gasteiger partial charge on any atom is -0.507 e. The number of esters is 3. The van der Waals surface area contributed by atoms with Crippen molar-refractivity contribution in [1.82, 2.24) is 15.0 Å². The Morgan fingerprint density at radius 1 is 0.729 bits per heavy atom. The number of rotatable bonds is 19. The first kappa shape index (κ1) is 42.0. The number of methoxy groups -OCH3 is 1. The van der Waals surface area contributed by atoms with Crippen LogP contribution >= 0.6 is 0 Å². The van der Waals surface area contributed by atoms with E-state index in [0.29, 0.717) is 31.0 Å². The van der Waals surface area contributed by atoms with Gasteiger partial charge in [-0.3, -0.25) is 4.68 Å². The number of carbonyl (C=O) groups excluding carboxylic acids is 3. The number of hydrogen-bond donors (Lipinski definition) is 2. The Kier molecular flexibility index (Phi) is 14.7. The molecular weight excluding hydrogens is 766 g/mol. The average Bonchev–Trinajstić information content (AvgIpc) is 3.72. The van der Waals surface area contributed by atoms with Gasteiger partial charge >= 0.3 is 23.9 Å². The predicted octanol–water partition coefficient (Wildman–Crippen LogP) is 5.50. The molecule has 1 aliphatic rings. The van der Waals surface area contributed by atoms with E-state index in [4.69, 9.17) is 33.2 Å². The number of benzene rings is 4. The molecule has 0 spiro atoms. The van der Waals surface area contributed by atoms with Gasteiger partial charge in [0.25, 0.3) is 0 Å². The van der Waals surface area contributed by atoms with Gasteiger partial charge in [0.15, 0.2) is 24.6 Å². The SMILES string of the molecule is CO[C@H]1O[C@H](COCc2cn(CCCCCOc3ccc(O)c(C(=O)O)c3)nn2)[C@@H](OC(=O)c2ccccc2)[C@H](OC(=O)c2ccccc2)[C@H]1OC(=O)c1ccccc1. The van der Waals surface area contributed by atoms with Crippen molar-refractivity contribution in [3.8, 4) is 11.5 Å². The summed E-state index contributed by atoms with van der Waals surface area (Å²) in [6.07, 6.45) is -2.52. The van der Waals surface area contributed by atoms with Crippen LogP contribution in [0.3, 0.4) is 0 Å². The molecule has 2 N–H and O–H groups in total. The van der Waals surface area contributed by atoms with Gasteiger partial charge in [0.05, 0.1) is 42.7 Å². The van der Waals surface area contributed by atoms with Crippen molar-refractivity contribution in [1.29, 1.82) is 0 Å². The van der Waals surface area contributed by atoms with E-state index in [1.165, 1.54) is 25.3 Å². The summed E-state index contributed by atoms with van der Waals surface area (Å²) in [7, 11) is 1.34. The molecule has 5 aromatic rings. The summed E-state index contributed by atoms with van der Waals surface area (Å²) in [6.45, 7) is 0.729. The van der Waals surface area contributed by atoms with Crippen LogP contribution in [0.1, 0.15) is 66.4 Å². The average molecular weight is 810 g/mol. The maximum atomic E-state index is 13.6. The van der Waals surface area contributed by atoms with E-state index < -0.39 is 54.6 Å². The Labute approximate surface area is 339 Å². The van der Waals surface area contributed by atoms with Gasteiger partial charge in [-0.15, -0.1) is 5.10 Å². The number of phenols is 1. The second-order valence-electron chi connectivity index (χ2n) is 13.4. The summed E-state index contributed by atoms with van der Waals surface area (Å²) in [6, 6.07) is 28.7. The topological polar surface area (TPSA) is 204 Å². The van der Waals surface area contributed by atoms with E-state index in [1.807, 2.05) is 0 Å². The monoisotopic (exact) mass is 809 g/mol. The molecule has 308 valence electrons. The first-order valence-corrected chi connectivity index (χ1v) is 18.8. The highest BCUT2D eigenvalue weighted by Gasteiger charge is 2.53. The zero-order chi connectivity index (χ0) is 41.6. The molecule has 0 amide bonds. The molecule has 0 radical (unpaired) electrons. The third kappa shape index (κ3) is 11.5. The lowest BCUT2D eigenvalue weighted by molar-refractivity contribution is -0.294. The summed E-state index contributed by atoms with van der Waals surface area (Å²) >= 11 is 0. The van der Waals surface area contributed by atoms with Crippen molar-refractivity contribution in [2.45, 2.75) is 63.1 Å². The van der Waals surface area contributed by atoms with Crippen molar-refractivity contribution in [2.75, 3.05) is 20.3 Å². The number of aryl methyl sites for hydroxylation is 1. The van der Waals surface area contributed by atoms with E-state index >= 15 is 0 Å². The molecule has 16 nitrogen and oxygen atoms in total. The normalized spacial score (nSPS) is 18.7. The fraction of sp³-hybridized carbons (Fsp3) is 0.302. The van der Waals surface area contributed by atoms with E-state index in [2.05, 4.69) is 10.3 Å². The maximum absolute atomic E-state index is 13.6. The number of carboxylic acids is 1. The Hall–Kier alpha value is -6.62. The minimum atomic E-state index is -1.41. The molecule has 1 fully saturated rings. The second-order valence-corrected chi connectivity index (χ2v) is 13.4. The molecule has 1 saturated heterocycles. The highest BCUT2D eigenvalue weighted by atomic mass is 16.7. The van der Waals surface area contributed by atoms with Crippen LogP contribution in [0.15, 0.2) is 115 Å². The third-order valence-corrected chi connectivity index (χ3v) is 9.20. The minimum absolute atomic E-state index is 0.00342. The first-order valence-electron chi connectivity index (χ1n) is 18.8. The Morgan fingerprint density at radius 2 is 1.31 bits per heavy atom. The number of aromatic hydroxyl groups is 1. The summed E-state index contributed by atoms with van der Waals surface area (Å²) < 4.78 is 43.2. The van der Waals surface area contributed by atoms with Crippen LogP contribution in [0, 0.1) is 0 Å². The fourth-order valence-electron chi connectivity index (χ4n) is 6.21. The first-order chi connectivity index (χ1) is 28.7. The lowest BCUT2D eigenvalue weighted by Crippen LogP contribution is -2.62. The number of carbonyl (C=O) groups is 4. The van der Waals surface area contributed by atoms with Crippen LogP contribution in [0.4, 0.5) is 0 Å². The van der Waals surface area contributed by atoms with Crippen LogP contribution in [-0.2, 0) is 41.6 Å². The molecule has 5 atom stereocenters. The van der Waals surface area contributed by atoms with Crippen molar-refractivity contribution in [3.05, 3.63) is 143 Å². The standard InChI is InChI=1S/C43H43N3O13/c1-53-43-38(59-42(52)30-18-10-4-11-19-30)37(58-41(51)29-16-8-3-9-17-29)36(57-40(50)28-14-6-2-7-15-28)35(56-43)27-54-26-31-25-46(45-44-31)22-12-5-13-23-55-32-20-21-34(47)33(24-32)39(48)49/h2-4,6-11,14-21,24-25,35-38,43,47H,5,12-13,22-23,26-27H2,1H3,(H,48,49)/t35-,36-,37+,38-,43+/m1/s1. The Morgan fingerprint density at radius 3 is 1.88 bits per heavy atom. The van der Waals surface area contributed by atoms with E-state index in [1.54, 1.807) is 102 Å². The molecule has 1 aromatic heterocycles. The smallest absolute Gasteiger partial charge is 0.339 e. The molecule has 0 unspecified atom stereocenters. The third-order valence-electron chi connectivity index (χ3n) is 9.20. The van der Waals surface area contributed by atoms with Gasteiger partial charge in [0.2, 0.25) is 0 Å². The lowest BCUT2D eigenvalue weighted by atomic mass is 9.97. The number of ether oxygens (including phenoxy) is 7. The van der Waals surface area contributed by atoms with Crippen LogP contribution in [0.5, 0.6) is 11.5 Å². The van der Waals surface area contributed by atoms with Gasteiger partial charge in [-0.25, -0.2) is 19.2 Å². The van der Waals surface area contributed by atoms with Crippen LogP contribution in [0.2, 0.25) is 0 Å². The second kappa shape index (κ2) is 20.7. The van der Waals surface area contributed by atoms with Gasteiger partial charge in [-0.1, -0.05) is 59.8 Å². The molecule has 1 aliphatic heterocycles. The highest BCUT2D eigenvalue weighted by Crippen LogP contribution is 2.31. The Balaban J connectivity index is 1.11. The van der Waals surface area contributed by atoms with Crippen molar-refractivity contribution in [3.63, 3.8) is 0 Å². The zero-order valence-electron chi connectivity index (χ0n) is 32.0. The highest BCUT2D eigenvalue weighted by molar-refractivity contribution is 5.92. The van der Waals surface area contributed by atoms with Gasteiger partial charge in [-0.2, -0.15) is 0 Å². The van der Waals surface area contributed by atoms with Gasteiger partial charge in [0.1, 0.15) is 28.9 Å². The van der Waals surface area contributed by atoms with Crippen molar-refractivity contribution >= 4 is 23.9 Å². The predicted molar refractivity (Wildman–Crippen MR) is 207 cm³/mol. The fourth-order valence-corrected chi connectivity index (χ4v) is 6.21. The summed E-state index contributed by atoms with van der Waals surface area (Å²) in [5, 5.41) is 27.2. The molecule has 16 heteroatoms. The molecule has 0 saturated carbocycles. The summed E-state index contributed by atoms with van der Waals surface area (Å²) in [5.41, 5.74) is 0.943. The molecule has 0 bridgehead atoms. The molecule has 6 rings (SSSR count). The van der Waals surface area contributed by atoms with E-state index in [9.17, 15) is 29.4 Å². The Bertz CT molecular complexity index is 2150. The largest absolute Gasteiger partial charge is 0.507 e. The number of nitrogens with zero attached hydrogens (tertiary/aromatic N) is 3. The molecule has 0 aliphatic carbocycles. The number of aromatic carboxylic acids is 1. The van der Waals surface area contributed by atoms with Crippen LogP contribution in [-0.4, -0.2) is 100 Å². The maximum Gasteiger partial charge on any atom is 0.339 e. The molecular formula is C43H43N3O13.